The Morgan fingerprint density at radius 2 is 1.91 bits per heavy atom. The maximum atomic E-state index is 12.4. The number of piperidine rings is 1. The molecule has 0 aromatic heterocycles. The van der Waals surface area contributed by atoms with Gasteiger partial charge >= 0.3 is 0 Å². The summed E-state index contributed by atoms with van der Waals surface area (Å²) < 4.78 is 0. The van der Waals surface area contributed by atoms with Gasteiger partial charge in [0.05, 0.1) is 0 Å². The fourth-order valence-electron chi connectivity index (χ4n) is 2.87. The molecule has 0 unspecified atom stereocenters. The Balaban J connectivity index is 1.90. The van der Waals surface area contributed by atoms with Crippen molar-refractivity contribution in [3.05, 3.63) is 29.3 Å². The van der Waals surface area contributed by atoms with E-state index in [1.54, 1.807) is 0 Å². The zero-order valence-corrected chi connectivity index (χ0v) is 13.8. The van der Waals surface area contributed by atoms with Gasteiger partial charge in [-0.15, -0.1) is 0 Å². The molecule has 0 spiro atoms. The molecular weight excluding hydrogens is 276 g/mol. The summed E-state index contributed by atoms with van der Waals surface area (Å²) in [5.74, 6) is 0.303. The number of amides is 2. The van der Waals surface area contributed by atoms with Gasteiger partial charge in [0.15, 0.2) is 0 Å². The van der Waals surface area contributed by atoms with Crippen LogP contribution in [0.25, 0.3) is 0 Å². The van der Waals surface area contributed by atoms with Crippen molar-refractivity contribution in [1.29, 1.82) is 0 Å². The van der Waals surface area contributed by atoms with Gasteiger partial charge in [0.1, 0.15) is 0 Å². The van der Waals surface area contributed by atoms with E-state index in [9.17, 15) is 9.59 Å². The predicted octanol–water partition coefficient (Wildman–Crippen LogP) is 3.28. The van der Waals surface area contributed by atoms with Crippen LogP contribution in [-0.4, -0.2) is 29.8 Å². The van der Waals surface area contributed by atoms with Gasteiger partial charge in [-0.3, -0.25) is 9.59 Å². The van der Waals surface area contributed by atoms with Gasteiger partial charge in [0.2, 0.25) is 11.8 Å². The minimum Gasteiger partial charge on any atom is -0.343 e. The molecule has 0 bridgehead atoms. The van der Waals surface area contributed by atoms with E-state index in [1.807, 2.05) is 43.9 Å². The molecule has 22 heavy (non-hydrogen) atoms. The Morgan fingerprint density at radius 3 is 2.55 bits per heavy atom. The number of hydrogen-bond acceptors (Lipinski definition) is 2. The molecule has 1 heterocycles. The molecule has 0 aliphatic carbocycles. The maximum absolute atomic E-state index is 12.4. The minimum absolute atomic E-state index is 0.00517. The monoisotopic (exact) mass is 302 g/mol. The Labute approximate surface area is 132 Å². The van der Waals surface area contributed by atoms with Crippen LogP contribution < -0.4 is 5.32 Å². The van der Waals surface area contributed by atoms with E-state index >= 15 is 0 Å². The summed E-state index contributed by atoms with van der Waals surface area (Å²) >= 11 is 0. The molecule has 1 aliphatic rings. The second-order valence-corrected chi connectivity index (χ2v) is 6.21. The number of nitrogens with one attached hydrogen (secondary N) is 1. The van der Waals surface area contributed by atoms with Crippen molar-refractivity contribution in [3.8, 4) is 0 Å². The Morgan fingerprint density at radius 1 is 1.23 bits per heavy atom. The van der Waals surface area contributed by atoms with Gasteiger partial charge in [0, 0.05) is 31.1 Å². The minimum atomic E-state index is 0.00517. The van der Waals surface area contributed by atoms with Crippen molar-refractivity contribution in [3.63, 3.8) is 0 Å². The first-order valence-electron chi connectivity index (χ1n) is 8.17. The van der Waals surface area contributed by atoms with Crippen LogP contribution >= 0.6 is 0 Å². The molecular formula is C18H26N2O2. The second kappa shape index (κ2) is 7.43. The lowest BCUT2D eigenvalue weighted by Crippen LogP contribution is -2.41. The molecule has 0 radical (unpaired) electrons. The quantitative estimate of drug-likeness (QED) is 0.928. The van der Waals surface area contributed by atoms with Gasteiger partial charge in [-0.05, 0) is 50.3 Å². The summed E-state index contributed by atoms with van der Waals surface area (Å²) in [6, 6.07) is 6.08. The van der Waals surface area contributed by atoms with Gasteiger partial charge in [-0.1, -0.05) is 19.1 Å². The molecule has 1 aromatic rings. The lowest BCUT2D eigenvalue weighted by Gasteiger charge is -2.31. The number of likely N-dealkylation sites (tertiary alicyclic amines) is 1. The van der Waals surface area contributed by atoms with Crippen molar-refractivity contribution in [1.82, 2.24) is 4.90 Å². The average molecular weight is 302 g/mol. The first-order valence-corrected chi connectivity index (χ1v) is 8.17. The van der Waals surface area contributed by atoms with Gasteiger partial charge < -0.3 is 10.2 Å². The maximum Gasteiger partial charge on any atom is 0.227 e. The Hall–Kier alpha value is -1.84. The normalized spacial score (nSPS) is 15.7. The molecule has 0 saturated carbocycles. The van der Waals surface area contributed by atoms with E-state index in [0.29, 0.717) is 19.5 Å². The molecule has 1 fully saturated rings. The third-order valence-electron chi connectivity index (χ3n) is 4.33. The van der Waals surface area contributed by atoms with Crippen molar-refractivity contribution in [2.45, 2.75) is 46.5 Å². The van der Waals surface area contributed by atoms with Gasteiger partial charge in [-0.2, -0.15) is 0 Å². The number of hydrogen-bond donors (Lipinski definition) is 1. The molecule has 2 rings (SSSR count). The van der Waals surface area contributed by atoms with E-state index in [1.165, 1.54) is 0 Å². The first kappa shape index (κ1) is 16.5. The van der Waals surface area contributed by atoms with Crippen LogP contribution in [0.5, 0.6) is 0 Å². The number of carbonyl (C=O) groups is 2. The van der Waals surface area contributed by atoms with Crippen LogP contribution in [0, 0.1) is 19.8 Å². The largest absolute Gasteiger partial charge is 0.343 e. The standard InChI is InChI=1S/C18H26N2O2/c1-4-5-17(21)20-10-8-15(9-11-20)18(22)19-16-12-13(2)6-7-14(16)3/h6-7,12,15H,4-5,8-11H2,1-3H3,(H,19,22). The van der Waals surface area contributed by atoms with Crippen LogP contribution in [0.3, 0.4) is 0 Å². The number of rotatable bonds is 4. The van der Waals surface area contributed by atoms with Crippen molar-refractivity contribution >= 4 is 17.5 Å². The van der Waals surface area contributed by atoms with Crippen LogP contribution in [0.15, 0.2) is 18.2 Å². The molecule has 0 atom stereocenters. The lowest BCUT2D eigenvalue weighted by atomic mass is 9.95. The van der Waals surface area contributed by atoms with Crippen LogP contribution in [-0.2, 0) is 9.59 Å². The lowest BCUT2D eigenvalue weighted by molar-refractivity contribution is -0.134. The number of nitrogens with zero attached hydrogens (tertiary/aromatic N) is 1. The third-order valence-corrected chi connectivity index (χ3v) is 4.33. The smallest absolute Gasteiger partial charge is 0.227 e. The average Bonchev–Trinajstić information content (AvgIpc) is 2.51. The summed E-state index contributed by atoms with van der Waals surface area (Å²) in [6.45, 7) is 7.43. The van der Waals surface area contributed by atoms with Crippen LogP contribution in [0.1, 0.15) is 43.7 Å². The summed E-state index contributed by atoms with van der Waals surface area (Å²) in [5, 5.41) is 3.05. The van der Waals surface area contributed by atoms with Crippen molar-refractivity contribution < 1.29 is 9.59 Å². The summed E-state index contributed by atoms with van der Waals surface area (Å²) in [5.41, 5.74) is 3.12. The van der Waals surface area contributed by atoms with E-state index in [4.69, 9.17) is 0 Å². The molecule has 1 N–H and O–H groups in total. The molecule has 1 aliphatic heterocycles. The topological polar surface area (TPSA) is 49.4 Å². The van der Waals surface area contributed by atoms with Crippen molar-refractivity contribution in [2.75, 3.05) is 18.4 Å². The zero-order valence-electron chi connectivity index (χ0n) is 13.8. The summed E-state index contributed by atoms with van der Waals surface area (Å²) in [7, 11) is 0. The number of anilines is 1. The Bertz CT molecular complexity index is 546. The zero-order chi connectivity index (χ0) is 16.1. The fourth-order valence-corrected chi connectivity index (χ4v) is 2.87. The highest BCUT2D eigenvalue weighted by atomic mass is 16.2. The highest BCUT2D eigenvalue weighted by Crippen LogP contribution is 2.22. The predicted molar refractivity (Wildman–Crippen MR) is 88.8 cm³/mol. The van der Waals surface area contributed by atoms with Gasteiger partial charge in [0.25, 0.3) is 0 Å². The first-order chi connectivity index (χ1) is 10.5. The molecule has 4 heteroatoms. The summed E-state index contributed by atoms with van der Waals surface area (Å²) in [4.78, 5) is 26.2. The molecule has 2 amide bonds. The van der Waals surface area contributed by atoms with E-state index in [2.05, 4.69) is 5.32 Å². The van der Waals surface area contributed by atoms with Crippen LogP contribution in [0.2, 0.25) is 0 Å². The van der Waals surface area contributed by atoms with E-state index in [0.717, 1.165) is 36.1 Å². The number of carbonyl (C=O) groups excluding carboxylic acids is 2. The van der Waals surface area contributed by atoms with Gasteiger partial charge in [-0.25, -0.2) is 0 Å². The number of aryl methyl sites for hydroxylation is 2. The molecule has 4 nitrogen and oxygen atoms in total. The second-order valence-electron chi connectivity index (χ2n) is 6.21. The van der Waals surface area contributed by atoms with E-state index < -0.39 is 0 Å². The third kappa shape index (κ3) is 4.09. The van der Waals surface area contributed by atoms with Crippen molar-refractivity contribution in [2.24, 2.45) is 5.92 Å². The summed E-state index contributed by atoms with van der Waals surface area (Å²) in [6.07, 6.45) is 3.00. The van der Waals surface area contributed by atoms with E-state index in [-0.39, 0.29) is 17.7 Å². The highest BCUT2D eigenvalue weighted by molar-refractivity contribution is 5.93. The highest BCUT2D eigenvalue weighted by Gasteiger charge is 2.27. The number of benzene rings is 1. The van der Waals surface area contributed by atoms with Crippen LogP contribution in [0.4, 0.5) is 5.69 Å². The molecule has 1 saturated heterocycles. The fraction of sp³-hybridized carbons (Fsp3) is 0.556. The SMILES string of the molecule is CCCC(=O)N1CCC(C(=O)Nc2cc(C)ccc2C)CC1. The molecule has 120 valence electrons. The Kier molecular flexibility index (Phi) is 5.58. The molecule has 1 aromatic carbocycles.